The molecule has 0 spiro atoms. The van der Waals surface area contributed by atoms with Crippen LogP contribution in [-0.2, 0) is 0 Å². The van der Waals surface area contributed by atoms with Crippen molar-refractivity contribution >= 4 is 54.4 Å². The van der Waals surface area contributed by atoms with E-state index in [0.717, 1.165) is 14.5 Å². The molecule has 0 saturated carbocycles. The van der Waals surface area contributed by atoms with Crippen LogP contribution in [0.15, 0.2) is 91.0 Å². The minimum absolute atomic E-state index is 0.0960. The molecule has 0 N–H and O–H groups in total. The summed E-state index contributed by atoms with van der Waals surface area (Å²) in [5.41, 5.74) is 2.10. The molecule has 5 rings (SSSR count). The molecule has 4 aromatic rings. The third-order valence-corrected chi connectivity index (χ3v) is 6.02. The van der Waals surface area contributed by atoms with Gasteiger partial charge in [0.25, 0.3) is 5.91 Å². The number of benzene rings is 3. The fourth-order valence-electron chi connectivity index (χ4n) is 3.79. The number of halogens is 2. The maximum atomic E-state index is 13.5. The largest absolute Gasteiger partial charge is 0.450 e. The van der Waals surface area contributed by atoms with Crippen molar-refractivity contribution in [3.63, 3.8) is 0 Å². The van der Waals surface area contributed by atoms with Gasteiger partial charge in [-0.25, -0.2) is 0 Å². The van der Waals surface area contributed by atoms with Crippen LogP contribution in [0, 0.1) is 0 Å². The first-order valence-electron chi connectivity index (χ1n) is 8.95. The van der Waals surface area contributed by atoms with E-state index in [9.17, 15) is 9.59 Å². The third-order valence-electron chi connectivity index (χ3n) is 5.03. The second-order valence-corrected chi connectivity index (χ2v) is 8.61. The first kappa shape index (κ1) is 18.3. The number of anilines is 1. The van der Waals surface area contributed by atoms with E-state index in [1.54, 1.807) is 23.1 Å². The molecule has 29 heavy (non-hydrogen) atoms. The first-order valence-corrected chi connectivity index (χ1v) is 10.5. The molecule has 0 bridgehead atoms. The summed E-state index contributed by atoms with van der Waals surface area (Å²) in [7, 11) is 0. The lowest BCUT2D eigenvalue weighted by Crippen LogP contribution is -2.29. The highest BCUT2D eigenvalue weighted by Crippen LogP contribution is 2.41. The van der Waals surface area contributed by atoms with Crippen molar-refractivity contribution in [2.24, 2.45) is 0 Å². The first-order chi connectivity index (χ1) is 14.0. The van der Waals surface area contributed by atoms with Gasteiger partial charge in [-0.1, -0.05) is 62.2 Å². The van der Waals surface area contributed by atoms with Gasteiger partial charge in [0.15, 0.2) is 5.43 Å². The molecule has 0 fully saturated rings. The minimum atomic E-state index is -0.572. The van der Waals surface area contributed by atoms with E-state index in [2.05, 4.69) is 31.9 Å². The second kappa shape index (κ2) is 6.97. The number of amides is 1. The number of hydrogen-bond acceptors (Lipinski definition) is 3. The Hall–Kier alpha value is -2.70. The summed E-state index contributed by atoms with van der Waals surface area (Å²) in [6, 6.07) is 21.6. The molecular weight excluding hydrogens is 498 g/mol. The average Bonchev–Trinajstić information content (AvgIpc) is 3.02. The van der Waals surface area contributed by atoms with Gasteiger partial charge in [-0.2, -0.15) is 0 Å². The van der Waals surface area contributed by atoms with Gasteiger partial charge in [0, 0.05) is 14.6 Å². The fourth-order valence-corrected chi connectivity index (χ4v) is 4.57. The van der Waals surface area contributed by atoms with Gasteiger partial charge in [0.05, 0.1) is 17.0 Å². The molecule has 1 aromatic heterocycles. The van der Waals surface area contributed by atoms with E-state index in [0.29, 0.717) is 22.2 Å². The Kier molecular flexibility index (Phi) is 4.41. The van der Waals surface area contributed by atoms with Crippen LogP contribution in [0.3, 0.4) is 0 Å². The Bertz CT molecular complexity index is 1330. The van der Waals surface area contributed by atoms with Gasteiger partial charge in [0.1, 0.15) is 5.58 Å². The van der Waals surface area contributed by atoms with E-state index in [1.165, 1.54) is 0 Å². The van der Waals surface area contributed by atoms with Crippen LogP contribution in [0.1, 0.15) is 27.7 Å². The summed E-state index contributed by atoms with van der Waals surface area (Å²) in [5, 5.41) is 0.445. The number of carbonyl (C=O) groups is 1. The molecule has 2 heterocycles. The van der Waals surface area contributed by atoms with E-state index < -0.39 is 6.04 Å². The van der Waals surface area contributed by atoms with Crippen LogP contribution in [0.2, 0.25) is 0 Å². The van der Waals surface area contributed by atoms with Crippen molar-refractivity contribution < 1.29 is 9.21 Å². The predicted octanol–water partition coefficient (Wildman–Crippen LogP) is 6.07. The molecule has 1 aliphatic heterocycles. The molecule has 1 aliphatic rings. The predicted molar refractivity (Wildman–Crippen MR) is 119 cm³/mol. The maximum Gasteiger partial charge on any atom is 0.295 e. The number of fused-ring (bicyclic) bond motifs is 2. The molecule has 3 aromatic carbocycles. The number of nitrogens with zero attached hydrogens (tertiary/aromatic N) is 1. The number of para-hydroxylation sites is 1. The number of hydrogen-bond donors (Lipinski definition) is 0. The van der Waals surface area contributed by atoms with E-state index in [4.69, 9.17) is 4.42 Å². The van der Waals surface area contributed by atoms with Gasteiger partial charge < -0.3 is 4.42 Å². The Morgan fingerprint density at radius 2 is 1.59 bits per heavy atom. The SMILES string of the molecule is O=C1c2oc3ccc(Br)cc3c(=O)c2C(c2cccc(Br)c2)N1c1ccccc1. The summed E-state index contributed by atoms with van der Waals surface area (Å²) in [6.07, 6.45) is 0. The zero-order chi connectivity index (χ0) is 20.1. The van der Waals surface area contributed by atoms with Crippen LogP contribution in [0.4, 0.5) is 5.69 Å². The van der Waals surface area contributed by atoms with Crippen molar-refractivity contribution in [2.45, 2.75) is 6.04 Å². The molecule has 1 atom stereocenters. The monoisotopic (exact) mass is 509 g/mol. The summed E-state index contributed by atoms with van der Waals surface area (Å²) in [6.45, 7) is 0. The molecule has 0 saturated heterocycles. The quantitative estimate of drug-likeness (QED) is 0.329. The van der Waals surface area contributed by atoms with Crippen molar-refractivity contribution in [3.8, 4) is 0 Å². The van der Waals surface area contributed by atoms with Gasteiger partial charge >= 0.3 is 0 Å². The van der Waals surface area contributed by atoms with E-state index in [-0.39, 0.29) is 17.1 Å². The summed E-state index contributed by atoms with van der Waals surface area (Å²) >= 11 is 6.91. The highest BCUT2D eigenvalue weighted by molar-refractivity contribution is 9.10. The Morgan fingerprint density at radius 1 is 0.828 bits per heavy atom. The Labute approximate surface area is 183 Å². The summed E-state index contributed by atoms with van der Waals surface area (Å²) in [5.74, 6) is -0.225. The van der Waals surface area contributed by atoms with Crippen LogP contribution >= 0.6 is 31.9 Å². The smallest absolute Gasteiger partial charge is 0.295 e. The molecule has 0 aliphatic carbocycles. The van der Waals surface area contributed by atoms with Crippen molar-refractivity contribution in [1.82, 2.24) is 0 Å². The molecular formula is C23H13Br2NO3. The zero-order valence-electron chi connectivity index (χ0n) is 14.9. The minimum Gasteiger partial charge on any atom is -0.450 e. The standard InChI is InChI=1S/C23H13Br2NO3/c24-14-6-4-5-13(11-14)20-19-21(27)17-12-15(25)9-10-18(17)29-22(19)23(28)26(20)16-7-2-1-3-8-16/h1-12,20H. The molecule has 142 valence electrons. The van der Waals surface area contributed by atoms with Crippen LogP contribution < -0.4 is 10.3 Å². The van der Waals surface area contributed by atoms with E-state index in [1.807, 2.05) is 54.6 Å². The summed E-state index contributed by atoms with van der Waals surface area (Å²) < 4.78 is 7.61. The molecule has 6 heteroatoms. The third kappa shape index (κ3) is 2.94. The highest BCUT2D eigenvalue weighted by Gasteiger charge is 2.43. The number of carbonyl (C=O) groups excluding carboxylic acids is 1. The fraction of sp³-hybridized carbons (Fsp3) is 0.0435. The molecule has 0 radical (unpaired) electrons. The Balaban J connectivity index is 1.84. The van der Waals surface area contributed by atoms with Crippen molar-refractivity contribution in [1.29, 1.82) is 0 Å². The van der Waals surface area contributed by atoms with Crippen molar-refractivity contribution in [2.75, 3.05) is 4.90 Å². The topological polar surface area (TPSA) is 50.5 Å². The summed E-state index contributed by atoms with van der Waals surface area (Å²) in [4.78, 5) is 28.5. The zero-order valence-corrected chi connectivity index (χ0v) is 18.1. The molecule has 1 unspecified atom stereocenters. The van der Waals surface area contributed by atoms with Crippen LogP contribution in [0.25, 0.3) is 11.0 Å². The van der Waals surface area contributed by atoms with Crippen molar-refractivity contribution in [3.05, 3.63) is 109 Å². The van der Waals surface area contributed by atoms with E-state index >= 15 is 0 Å². The molecule has 4 nitrogen and oxygen atoms in total. The Morgan fingerprint density at radius 3 is 2.34 bits per heavy atom. The highest BCUT2D eigenvalue weighted by atomic mass is 79.9. The normalized spacial score (nSPS) is 15.7. The maximum absolute atomic E-state index is 13.5. The van der Waals surface area contributed by atoms with Gasteiger partial charge in [-0.3, -0.25) is 14.5 Å². The van der Waals surface area contributed by atoms with Gasteiger partial charge in [-0.15, -0.1) is 0 Å². The number of rotatable bonds is 2. The average molecular weight is 511 g/mol. The van der Waals surface area contributed by atoms with Crippen LogP contribution in [0.5, 0.6) is 0 Å². The lowest BCUT2D eigenvalue weighted by Gasteiger charge is -2.25. The lowest BCUT2D eigenvalue weighted by atomic mass is 9.98. The molecule has 1 amide bonds. The second-order valence-electron chi connectivity index (χ2n) is 6.78. The van der Waals surface area contributed by atoms with Crippen LogP contribution in [-0.4, -0.2) is 5.91 Å². The lowest BCUT2D eigenvalue weighted by molar-refractivity contribution is 0.0971. The van der Waals surface area contributed by atoms with Gasteiger partial charge in [-0.05, 0) is 48.0 Å². The van der Waals surface area contributed by atoms with Gasteiger partial charge in [0.2, 0.25) is 5.76 Å².